The van der Waals surface area contributed by atoms with Gasteiger partial charge in [-0.25, -0.2) is 0 Å². The molecule has 0 amide bonds. The van der Waals surface area contributed by atoms with E-state index in [0.29, 0.717) is 12.6 Å². The lowest BCUT2D eigenvalue weighted by Crippen LogP contribution is -2.45. The summed E-state index contributed by atoms with van der Waals surface area (Å²) in [5.41, 5.74) is 5.71. The minimum Gasteiger partial charge on any atom is -0.377 e. The number of likely N-dealkylation sites (tertiary alicyclic amines) is 1. The molecule has 2 unspecified atom stereocenters. The zero-order valence-corrected chi connectivity index (χ0v) is 11.4. The molecule has 2 N–H and O–H groups in total. The topological polar surface area (TPSA) is 47.7 Å². The molecular weight excluding hydrogens is 216 g/mol. The molecular formula is C13H28N2O2. The van der Waals surface area contributed by atoms with Gasteiger partial charge in [0, 0.05) is 32.8 Å². The lowest BCUT2D eigenvalue weighted by molar-refractivity contribution is -0.0219. The van der Waals surface area contributed by atoms with Crippen LogP contribution in [0.2, 0.25) is 0 Å². The van der Waals surface area contributed by atoms with Gasteiger partial charge in [0.05, 0.1) is 12.2 Å². The summed E-state index contributed by atoms with van der Waals surface area (Å²) in [6.07, 6.45) is 4.09. The number of rotatable bonds is 8. The fourth-order valence-electron chi connectivity index (χ4n) is 2.32. The molecule has 0 aromatic heterocycles. The molecule has 0 aromatic carbocycles. The van der Waals surface area contributed by atoms with Crippen molar-refractivity contribution in [2.24, 2.45) is 5.73 Å². The van der Waals surface area contributed by atoms with E-state index in [-0.39, 0.29) is 6.10 Å². The Morgan fingerprint density at radius 2 is 2.24 bits per heavy atom. The second-order valence-corrected chi connectivity index (χ2v) is 4.71. The van der Waals surface area contributed by atoms with E-state index in [2.05, 4.69) is 11.8 Å². The van der Waals surface area contributed by atoms with Gasteiger partial charge in [-0.2, -0.15) is 0 Å². The van der Waals surface area contributed by atoms with Crippen molar-refractivity contribution in [3.63, 3.8) is 0 Å². The quantitative estimate of drug-likeness (QED) is 0.698. The van der Waals surface area contributed by atoms with E-state index in [1.54, 1.807) is 0 Å². The summed E-state index contributed by atoms with van der Waals surface area (Å²) >= 11 is 0. The Morgan fingerprint density at radius 3 is 2.88 bits per heavy atom. The Labute approximate surface area is 105 Å². The molecule has 0 radical (unpaired) electrons. The largest absolute Gasteiger partial charge is 0.377 e. The predicted molar refractivity (Wildman–Crippen MR) is 70.2 cm³/mol. The third-order valence-corrected chi connectivity index (χ3v) is 3.15. The van der Waals surface area contributed by atoms with Gasteiger partial charge in [0.15, 0.2) is 0 Å². The number of hydrogen-bond donors (Lipinski definition) is 1. The fourth-order valence-corrected chi connectivity index (χ4v) is 2.32. The molecule has 4 heteroatoms. The zero-order valence-electron chi connectivity index (χ0n) is 11.4. The molecule has 0 aromatic rings. The predicted octanol–water partition coefficient (Wildman–Crippen LogP) is 1.24. The van der Waals surface area contributed by atoms with E-state index in [4.69, 9.17) is 15.2 Å². The van der Waals surface area contributed by atoms with Crippen LogP contribution in [-0.4, -0.2) is 56.5 Å². The molecule has 102 valence electrons. The van der Waals surface area contributed by atoms with Crippen molar-refractivity contribution in [3.05, 3.63) is 0 Å². The number of nitrogens with zero attached hydrogens (tertiary/aromatic N) is 1. The maximum Gasteiger partial charge on any atom is 0.0823 e. The normalized spacial score (nSPS) is 23.8. The Morgan fingerprint density at radius 1 is 1.41 bits per heavy atom. The van der Waals surface area contributed by atoms with E-state index in [1.807, 2.05) is 6.92 Å². The highest BCUT2D eigenvalue weighted by Gasteiger charge is 2.22. The zero-order chi connectivity index (χ0) is 12.5. The first-order valence-electron chi connectivity index (χ1n) is 6.95. The van der Waals surface area contributed by atoms with Crippen molar-refractivity contribution in [1.29, 1.82) is 0 Å². The first-order valence-corrected chi connectivity index (χ1v) is 6.95. The van der Waals surface area contributed by atoms with Crippen LogP contribution in [0.4, 0.5) is 0 Å². The summed E-state index contributed by atoms with van der Waals surface area (Å²) in [5.74, 6) is 0. The van der Waals surface area contributed by atoms with Crippen molar-refractivity contribution < 1.29 is 9.47 Å². The Balaban J connectivity index is 2.27. The number of hydrogen-bond acceptors (Lipinski definition) is 4. The van der Waals surface area contributed by atoms with Gasteiger partial charge in [-0.15, -0.1) is 0 Å². The van der Waals surface area contributed by atoms with Gasteiger partial charge in [-0.05, 0) is 32.7 Å². The number of nitrogens with two attached hydrogens (primary N) is 1. The van der Waals surface area contributed by atoms with Gasteiger partial charge in [0.1, 0.15) is 0 Å². The Kier molecular flexibility index (Phi) is 7.77. The SMILES string of the molecule is CCCOC1CCCN(CC(CN)OCC)C1. The summed E-state index contributed by atoms with van der Waals surface area (Å²) in [5, 5.41) is 0. The van der Waals surface area contributed by atoms with Gasteiger partial charge >= 0.3 is 0 Å². The molecule has 1 heterocycles. The monoisotopic (exact) mass is 244 g/mol. The van der Waals surface area contributed by atoms with Gasteiger partial charge in [-0.1, -0.05) is 6.92 Å². The highest BCUT2D eigenvalue weighted by molar-refractivity contribution is 4.76. The maximum absolute atomic E-state index is 5.82. The summed E-state index contributed by atoms with van der Waals surface area (Å²) in [4.78, 5) is 2.43. The Bertz CT molecular complexity index is 190. The molecule has 1 rings (SSSR count). The van der Waals surface area contributed by atoms with Crippen LogP contribution in [0.25, 0.3) is 0 Å². The fraction of sp³-hybridized carbons (Fsp3) is 1.00. The third kappa shape index (κ3) is 5.82. The number of ether oxygens (including phenoxy) is 2. The molecule has 1 aliphatic rings. The lowest BCUT2D eigenvalue weighted by atomic mass is 10.1. The number of piperidine rings is 1. The van der Waals surface area contributed by atoms with E-state index in [1.165, 1.54) is 12.8 Å². The minimum atomic E-state index is 0.171. The van der Waals surface area contributed by atoms with Crippen LogP contribution in [0.3, 0.4) is 0 Å². The smallest absolute Gasteiger partial charge is 0.0823 e. The van der Waals surface area contributed by atoms with Gasteiger partial charge < -0.3 is 15.2 Å². The van der Waals surface area contributed by atoms with Gasteiger partial charge in [-0.3, -0.25) is 4.90 Å². The standard InChI is InChI=1S/C13H28N2O2/c1-3-8-17-12-6-5-7-15(10-12)11-13(9-14)16-4-2/h12-13H,3-11,14H2,1-2H3. The van der Waals surface area contributed by atoms with Gasteiger partial charge in [0.2, 0.25) is 0 Å². The first kappa shape index (κ1) is 14.9. The van der Waals surface area contributed by atoms with E-state index in [0.717, 1.165) is 39.3 Å². The van der Waals surface area contributed by atoms with Crippen molar-refractivity contribution in [1.82, 2.24) is 4.90 Å². The van der Waals surface area contributed by atoms with Crippen LogP contribution in [0.1, 0.15) is 33.1 Å². The van der Waals surface area contributed by atoms with Crippen molar-refractivity contribution in [3.8, 4) is 0 Å². The van der Waals surface area contributed by atoms with Crippen LogP contribution >= 0.6 is 0 Å². The average molecular weight is 244 g/mol. The summed E-state index contributed by atoms with van der Waals surface area (Å²) in [6.45, 7) is 9.52. The second kappa shape index (κ2) is 8.86. The molecule has 0 bridgehead atoms. The summed E-state index contributed by atoms with van der Waals surface area (Å²) < 4.78 is 11.4. The molecule has 0 spiro atoms. The molecule has 0 aliphatic carbocycles. The van der Waals surface area contributed by atoms with Gasteiger partial charge in [0.25, 0.3) is 0 Å². The van der Waals surface area contributed by atoms with Crippen molar-refractivity contribution in [2.45, 2.75) is 45.3 Å². The lowest BCUT2D eigenvalue weighted by Gasteiger charge is -2.34. The average Bonchev–Trinajstić information content (AvgIpc) is 2.36. The molecule has 2 atom stereocenters. The van der Waals surface area contributed by atoms with E-state index in [9.17, 15) is 0 Å². The molecule has 0 saturated carbocycles. The Hall–Kier alpha value is -0.160. The van der Waals surface area contributed by atoms with E-state index < -0.39 is 0 Å². The highest BCUT2D eigenvalue weighted by Crippen LogP contribution is 2.14. The summed E-state index contributed by atoms with van der Waals surface area (Å²) in [7, 11) is 0. The van der Waals surface area contributed by atoms with Crippen molar-refractivity contribution >= 4 is 0 Å². The molecule has 1 fully saturated rings. The maximum atomic E-state index is 5.82. The molecule has 1 aliphatic heterocycles. The van der Waals surface area contributed by atoms with Crippen LogP contribution in [0, 0.1) is 0 Å². The van der Waals surface area contributed by atoms with Crippen LogP contribution in [-0.2, 0) is 9.47 Å². The van der Waals surface area contributed by atoms with Crippen LogP contribution < -0.4 is 5.73 Å². The molecule has 4 nitrogen and oxygen atoms in total. The second-order valence-electron chi connectivity index (χ2n) is 4.71. The third-order valence-electron chi connectivity index (χ3n) is 3.15. The van der Waals surface area contributed by atoms with Crippen molar-refractivity contribution in [2.75, 3.05) is 39.4 Å². The molecule has 1 saturated heterocycles. The van der Waals surface area contributed by atoms with E-state index >= 15 is 0 Å². The molecule has 17 heavy (non-hydrogen) atoms. The first-order chi connectivity index (χ1) is 8.30. The minimum absolute atomic E-state index is 0.171. The van der Waals surface area contributed by atoms with Crippen LogP contribution in [0.15, 0.2) is 0 Å². The highest BCUT2D eigenvalue weighted by atomic mass is 16.5. The summed E-state index contributed by atoms with van der Waals surface area (Å²) in [6, 6.07) is 0. The van der Waals surface area contributed by atoms with Crippen LogP contribution in [0.5, 0.6) is 0 Å².